The Labute approximate surface area is 170 Å². The van der Waals surface area contributed by atoms with E-state index in [9.17, 15) is 0 Å². The van der Waals surface area contributed by atoms with Gasteiger partial charge in [-0.2, -0.15) is 4.98 Å². The standard InChI is InChI=1S/C21H18BrN5O/c1-2-28-20-16(7-4-10-24-20)13-8-9-18-17(11-13)19(27-21(23)26-18)25-15-6-3-5-14(22)12-15/h3-12H,2H2,1H3,(H3,23,25,26,27). The SMILES string of the molecule is CCOc1ncccc1-c1ccc2nc(N)nc(Nc3cccc(Br)c3)c2c1. The van der Waals surface area contributed by atoms with Gasteiger partial charge in [0.15, 0.2) is 0 Å². The van der Waals surface area contributed by atoms with E-state index in [0.29, 0.717) is 18.3 Å². The molecule has 0 aliphatic rings. The quantitative estimate of drug-likeness (QED) is 0.449. The summed E-state index contributed by atoms with van der Waals surface area (Å²) in [7, 11) is 0. The van der Waals surface area contributed by atoms with Crippen LogP contribution in [0.15, 0.2) is 65.3 Å². The first-order valence-corrected chi connectivity index (χ1v) is 9.61. The molecule has 0 atom stereocenters. The number of ether oxygens (including phenoxy) is 1. The molecule has 0 aliphatic carbocycles. The molecule has 140 valence electrons. The van der Waals surface area contributed by atoms with Gasteiger partial charge in [-0.25, -0.2) is 9.97 Å². The number of halogens is 1. The Morgan fingerprint density at radius 3 is 2.79 bits per heavy atom. The highest BCUT2D eigenvalue weighted by molar-refractivity contribution is 9.10. The van der Waals surface area contributed by atoms with Crippen LogP contribution in [0.2, 0.25) is 0 Å². The lowest BCUT2D eigenvalue weighted by Gasteiger charge is -2.12. The van der Waals surface area contributed by atoms with Gasteiger partial charge in [-0.05, 0) is 55.0 Å². The second kappa shape index (κ2) is 7.82. The van der Waals surface area contributed by atoms with Gasteiger partial charge in [0.25, 0.3) is 0 Å². The summed E-state index contributed by atoms with van der Waals surface area (Å²) in [5.74, 6) is 1.46. The molecule has 2 heterocycles. The average molecular weight is 436 g/mol. The third-order valence-electron chi connectivity index (χ3n) is 4.16. The zero-order valence-electron chi connectivity index (χ0n) is 15.2. The van der Waals surface area contributed by atoms with Crippen LogP contribution in [0.4, 0.5) is 17.5 Å². The van der Waals surface area contributed by atoms with Crippen LogP contribution in [-0.4, -0.2) is 21.6 Å². The van der Waals surface area contributed by atoms with Crippen molar-refractivity contribution in [1.82, 2.24) is 15.0 Å². The highest BCUT2D eigenvalue weighted by atomic mass is 79.9. The second-order valence-corrected chi connectivity index (χ2v) is 7.00. The summed E-state index contributed by atoms with van der Waals surface area (Å²) in [6, 6.07) is 17.7. The lowest BCUT2D eigenvalue weighted by atomic mass is 10.0. The minimum atomic E-state index is 0.217. The monoisotopic (exact) mass is 435 g/mol. The van der Waals surface area contributed by atoms with Gasteiger partial charge in [0.05, 0.1) is 12.1 Å². The molecule has 0 saturated heterocycles. The molecule has 0 spiro atoms. The van der Waals surface area contributed by atoms with Crippen molar-refractivity contribution < 1.29 is 4.74 Å². The summed E-state index contributed by atoms with van der Waals surface area (Å²) >= 11 is 3.49. The van der Waals surface area contributed by atoms with Crippen LogP contribution < -0.4 is 15.8 Å². The summed E-state index contributed by atoms with van der Waals surface area (Å²) in [5.41, 5.74) is 9.46. The number of anilines is 3. The van der Waals surface area contributed by atoms with Crippen LogP contribution in [-0.2, 0) is 0 Å². The summed E-state index contributed by atoms with van der Waals surface area (Å²) in [5, 5.41) is 4.20. The number of nitrogens with two attached hydrogens (primary N) is 1. The highest BCUT2D eigenvalue weighted by Gasteiger charge is 2.12. The maximum absolute atomic E-state index is 5.92. The van der Waals surface area contributed by atoms with E-state index in [1.807, 2.05) is 61.5 Å². The van der Waals surface area contributed by atoms with Gasteiger partial charge < -0.3 is 15.8 Å². The lowest BCUT2D eigenvalue weighted by Crippen LogP contribution is -2.02. The molecule has 0 amide bonds. The number of hydrogen-bond acceptors (Lipinski definition) is 6. The Hall–Kier alpha value is -3.19. The minimum Gasteiger partial charge on any atom is -0.478 e. The van der Waals surface area contributed by atoms with Crippen molar-refractivity contribution in [3.8, 4) is 17.0 Å². The first kappa shape index (κ1) is 18.2. The summed E-state index contributed by atoms with van der Waals surface area (Å²) in [6.07, 6.45) is 1.72. The van der Waals surface area contributed by atoms with Gasteiger partial charge >= 0.3 is 0 Å². The first-order chi connectivity index (χ1) is 13.6. The van der Waals surface area contributed by atoms with E-state index in [2.05, 4.69) is 36.2 Å². The van der Waals surface area contributed by atoms with E-state index in [-0.39, 0.29) is 5.95 Å². The van der Waals surface area contributed by atoms with E-state index >= 15 is 0 Å². The third-order valence-corrected chi connectivity index (χ3v) is 4.66. The number of aromatic nitrogens is 3. The van der Waals surface area contributed by atoms with E-state index < -0.39 is 0 Å². The maximum atomic E-state index is 5.92. The average Bonchev–Trinajstić information content (AvgIpc) is 2.68. The van der Waals surface area contributed by atoms with Crippen molar-refractivity contribution in [2.24, 2.45) is 0 Å². The van der Waals surface area contributed by atoms with Crippen molar-refractivity contribution in [3.63, 3.8) is 0 Å². The molecule has 0 saturated carbocycles. The molecule has 4 aromatic rings. The van der Waals surface area contributed by atoms with Gasteiger partial charge in [-0.15, -0.1) is 0 Å². The van der Waals surface area contributed by atoms with Crippen LogP contribution in [0.25, 0.3) is 22.0 Å². The molecular weight excluding hydrogens is 418 g/mol. The van der Waals surface area contributed by atoms with E-state index in [1.54, 1.807) is 6.20 Å². The van der Waals surface area contributed by atoms with Crippen LogP contribution in [0.5, 0.6) is 5.88 Å². The van der Waals surface area contributed by atoms with Crippen molar-refractivity contribution in [2.75, 3.05) is 17.7 Å². The fourth-order valence-electron chi connectivity index (χ4n) is 2.97. The molecule has 3 N–H and O–H groups in total. The molecule has 7 heteroatoms. The zero-order valence-corrected chi connectivity index (χ0v) is 16.8. The van der Waals surface area contributed by atoms with Crippen molar-refractivity contribution >= 4 is 44.3 Å². The number of rotatable bonds is 5. The summed E-state index contributed by atoms with van der Waals surface area (Å²) < 4.78 is 6.65. The molecule has 0 aliphatic heterocycles. The molecule has 0 bridgehead atoms. The fourth-order valence-corrected chi connectivity index (χ4v) is 3.37. The Morgan fingerprint density at radius 2 is 1.96 bits per heavy atom. The number of fused-ring (bicyclic) bond motifs is 1. The molecule has 2 aromatic heterocycles. The molecule has 6 nitrogen and oxygen atoms in total. The number of nitrogens with one attached hydrogen (secondary N) is 1. The fraction of sp³-hybridized carbons (Fsp3) is 0.0952. The number of nitrogen functional groups attached to an aromatic ring is 1. The number of benzene rings is 2. The van der Waals surface area contributed by atoms with Crippen molar-refractivity contribution in [2.45, 2.75) is 6.92 Å². The van der Waals surface area contributed by atoms with Gasteiger partial charge in [0, 0.05) is 27.3 Å². The predicted octanol–water partition coefficient (Wildman–Crippen LogP) is 5.18. The van der Waals surface area contributed by atoms with Crippen LogP contribution in [0.3, 0.4) is 0 Å². The molecule has 28 heavy (non-hydrogen) atoms. The first-order valence-electron chi connectivity index (χ1n) is 8.82. The second-order valence-electron chi connectivity index (χ2n) is 6.09. The largest absolute Gasteiger partial charge is 0.478 e. The van der Waals surface area contributed by atoms with Crippen molar-refractivity contribution in [1.29, 1.82) is 0 Å². The van der Waals surface area contributed by atoms with Gasteiger partial charge in [0.2, 0.25) is 11.8 Å². The van der Waals surface area contributed by atoms with Crippen molar-refractivity contribution in [3.05, 3.63) is 65.3 Å². The molecule has 0 radical (unpaired) electrons. The smallest absolute Gasteiger partial charge is 0.222 e. The van der Waals surface area contributed by atoms with E-state index in [0.717, 1.165) is 32.2 Å². The maximum Gasteiger partial charge on any atom is 0.222 e. The lowest BCUT2D eigenvalue weighted by molar-refractivity contribution is 0.328. The summed E-state index contributed by atoms with van der Waals surface area (Å²) in [4.78, 5) is 13.1. The van der Waals surface area contributed by atoms with Gasteiger partial charge in [-0.3, -0.25) is 0 Å². The van der Waals surface area contributed by atoms with E-state index in [4.69, 9.17) is 10.5 Å². The predicted molar refractivity (Wildman–Crippen MR) is 116 cm³/mol. The summed E-state index contributed by atoms with van der Waals surface area (Å²) in [6.45, 7) is 2.49. The van der Waals surface area contributed by atoms with Crippen LogP contribution in [0, 0.1) is 0 Å². The van der Waals surface area contributed by atoms with Crippen LogP contribution >= 0.6 is 15.9 Å². The Kier molecular flexibility index (Phi) is 5.08. The zero-order chi connectivity index (χ0) is 19.5. The Balaban J connectivity index is 1.84. The molecular formula is C21H18BrN5O. The number of nitrogens with zero attached hydrogens (tertiary/aromatic N) is 3. The van der Waals surface area contributed by atoms with Gasteiger partial charge in [-0.1, -0.05) is 28.1 Å². The van der Waals surface area contributed by atoms with Crippen LogP contribution in [0.1, 0.15) is 6.92 Å². The molecule has 0 fully saturated rings. The molecule has 2 aromatic carbocycles. The topological polar surface area (TPSA) is 86.0 Å². The normalized spacial score (nSPS) is 10.8. The Bertz CT molecular complexity index is 1150. The number of pyridine rings is 1. The third kappa shape index (κ3) is 3.75. The molecule has 4 rings (SSSR count). The van der Waals surface area contributed by atoms with Gasteiger partial charge in [0.1, 0.15) is 5.82 Å². The highest BCUT2D eigenvalue weighted by Crippen LogP contribution is 2.33. The van der Waals surface area contributed by atoms with E-state index in [1.165, 1.54) is 0 Å². The molecule has 0 unspecified atom stereocenters. The minimum absolute atomic E-state index is 0.217. The Morgan fingerprint density at radius 1 is 1.07 bits per heavy atom. The number of hydrogen-bond donors (Lipinski definition) is 2.